The Labute approximate surface area is 154 Å². The number of piperidine rings is 2. The van der Waals surface area contributed by atoms with Crippen LogP contribution in [0, 0.1) is 5.92 Å². The van der Waals surface area contributed by atoms with Gasteiger partial charge >= 0.3 is 6.03 Å². The van der Waals surface area contributed by atoms with Gasteiger partial charge < -0.3 is 15.3 Å². The fraction of sp³-hybridized carbons (Fsp3) is 0.632. The summed E-state index contributed by atoms with van der Waals surface area (Å²) in [5.74, 6) is 0.237. The van der Waals surface area contributed by atoms with Crippen LogP contribution >= 0.6 is 11.6 Å². The number of nitrogens with zero attached hydrogens (tertiary/aromatic N) is 2. The summed E-state index contributed by atoms with van der Waals surface area (Å²) < 4.78 is 0. The zero-order valence-electron chi connectivity index (χ0n) is 14.7. The number of nitrogens with one attached hydrogen (secondary N) is 1. The van der Waals surface area contributed by atoms with Crippen LogP contribution in [0.2, 0.25) is 5.02 Å². The third-order valence-corrected chi connectivity index (χ3v) is 5.55. The van der Waals surface area contributed by atoms with Crippen LogP contribution in [0.15, 0.2) is 24.3 Å². The minimum Gasteiger partial charge on any atom is -0.396 e. The Morgan fingerprint density at radius 3 is 2.56 bits per heavy atom. The molecule has 2 fully saturated rings. The van der Waals surface area contributed by atoms with E-state index in [1.54, 1.807) is 0 Å². The highest BCUT2D eigenvalue weighted by molar-refractivity contribution is 6.30. The summed E-state index contributed by atoms with van der Waals surface area (Å²) in [7, 11) is 0. The van der Waals surface area contributed by atoms with Gasteiger partial charge in [0.05, 0.1) is 0 Å². The van der Waals surface area contributed by atoms with Crippen LogP contribution in [0.25, 0.3) is 0 Å². The van der Waals surface area contributed by atoms with Crippen molar-refractivity contribution in [2.75, 3.05) is 32.8 Å². The Kier molecular flexibility index (Phi) is 6.57. The number of halogens is 1. The monoisotopic (exact) mass is 365 g/mol. The summed E-state index contributed by atoms with van der Waals surface area (Å²) >= 11 is 5.93. The molecule has 0 bridgehead atoms. The second-order valence-electron chi connectivity index (χ2n) is 7.26. The molecule has 0 aliphatic carbocycles. The molecule has 2 N–H and O–H groups in total. The maximum Gasteiger partial charge on any atom is 0.317 e. The predicted molar refractivity (Wildman–Crippen MR) is 99.7 cm³/mol. The number of benzene rings is 1. The summed E-state index contributed by atoms with van der Waals surface area (Å²) in [4.78, 5) is 16.7. The number of hydrogen-bond acceptors (Lipinski definition) is 3. The number of carbonyl (C=O) groups excluding carboxylic acids is 1. The Balaban J connectivity index is 1.41. The topological polar surface area (TPSA) is 55.8 Å². The van der Waals surface area contributed by atoms with Crippen molar-refractivity contribution >= 4 is 17.6 Å². The van der Waals surface area contributed by atoms with Gasteiger partial charge in [-0.1, -0.05) is 23.7 Å². The number of urea groups is 1. The van der Waals surface area contributed by atoms with Gasteiger partial charge in [-0.3, -0.25) is 4.90 Å². The van der Waals surface area contributed by atoms with Gasteiger partial charge in [-0.15, -0.1) is 0 Å². The lowest BCUT2D eigenvalue weighted by atomic mass is 9.99. The van der Waals surface area contributed by atoms with E-state index in [-0.39, 0.29) is 24.6 Å². The Hall–Kier alpha value is -1.30. The van der Waals surface area contributed by atoms with Crippen molar-refractivity contribution in [3.63, 3.8) is 0 Å². The van der Waals surface area contributed by atoms with Crippen molar-refractivity contribution in [1.29, 1.82) is 0 Å². The largest absolute Gasteiger partial charge is 0.396 e. The molecule has 0 spiro atoms. The number of carbonyl (C=O) groups is 1. The minimum absolute atomic E-state index is 0.0364. The Morgan fingerprint density at radius 2 is 1.88 bits per heavy atom. The zero-order valence-corrected chi connectivity index (χ0v) is 15.4. The van der Waals surface area contributed by atoms with Crippen LogP contribution < -0.4 is 5.32 Å². The first-order valence-corrected chi connectivity index (χ1v) is 9.65. The first-order valence-electron chi connectivity index (χ1n) is 9.27. The summed E-state index contributed by atoms with van der Waals surface area (Å²) in [5, 5.41) is 13.3. The van der Waals surface area contributed by atoms with Gasteiger partial charge in [0.2, 0.25) is 0 Å². The summed E-state index contributed by atoms with van der Waals surface area (Å²) in [6.07, 6.45) is 3.97. The molecule has 1 atom stereocenters. The molecule has 2 saturated heterocycles. The zero-order chi connectivity index (χ0) is 17.6. The molecule has 1 unspecified atom stereocenters. The lowest BCUT2D eigenvalue weighted by molar-refractivity contribution is 0.123. The van der Waals surface area contributed by atoms with E-state index in [4.69, 9.17) is 11.6 Å². The molecule has 3 rings (SSSR count). The number of aliphatic hydroxyl groups is 1. The third kappa shape index (κ3) is 5.33. The maximum atomic E-state index is 12.4. The van der Waals surface area contributed by atoms with E-state index < -0.39 is 0 Å². The van der Waals surface area contributed by atoms with Gasteiger partial charge in [0.15, 0.2) is 0 Å². The quantitative estimate of drug-likeness (QED) is 0.862. The Morgan fingerprint density at radius 1 is 1.16 bits per heavy atom. The predicted octanol–water partition coefficient (Wildman–Crippen LogP) is 2.72. The first kappa shape index (κ1) is 18.5. The van der Waals surface area contributed by atoms with Gasteiger partial charge in [0.25, 0.3) is 0 Å². The van der Waals surface area contributed by atoms with Gasteiger partial charge in [-0.2, -0.15) is 0 Å². The van der Waals surface area contributed by atoms with E-state index >= 15 is 0 Å². The smallest absolute Gasteiger partial charge is 0.317 e. The maximum absolute atomic E-state index is 12.4. The van der Waals surface area contributed by atoms with Crippen LogP contribution in [0.5, 0.6) is 0 Å². The molecule has 138 valence electrons. The SMILES string of the molecule is O=C(NC1CCN(Cc2ccc(Cl)cc2)CC1)N1CCCC(CO)C1. The van der Waals surface area contributed by atoms with E-state index in [2.05, 4.69) is 22.3 Å². The number of aliphatic hydroxyl groups excluding tert-OH is 1. The molecule has 1 aromatic rings. The third-order valence-electron chi connectivity index (χ3n) is 5.30. The average Bonchev–Trinajstić information content (AvgIpc) is 2.65. The second-order valence-corrected chi connectivity index (χ2v) is 7.70. The van der Waals surface area contributed by atoms with Gasteiger partial charge in [0.1, 0.15) is 0 Å². The molecule has 5 nitrogen and oxygen atoms in total. The molecule has 25 heavy (non-hydrogen) atoms. The van der Waals surface area contributed by atoms with Crippen LogP contribution in [0.4, 0.5) is 4.79 Å². The van der Waals surface area contributed by atoms with E-state index in [0.29, 0.717) is 6.54 Å². The highest BCUT2D eigenvalue weighted by Gasteiger charge is 2.26. The van der Waals surface area contributed by atoms with Crippen molar-refractivity contribution in [1.82, 2.24) is 15.1 Å². The van der Waals surface area contributed by atoms with Gasteiger partial charge in [0, 0.05) is 50.4 Å². The molecule has 1 aromatic carbocycles. The summed E-state index contributed by atoms with van der Waals surface area (Å²) in [6, 6.07) is 8.30. The van der Waals surface area contributed by atoms with Crippen LogP contribution in [0.3, 0.4) is 0 Å². The first-order chi connectivity index (χ1) is 12.1. The molecular formula is C19H28ClN3O2. The standard InChI is InChI=1S/C19H28ClN3O2/c20-17-5-3-15(4-6-17)12-22-10-7-18(8-11-22)21-19(25)23-9-1-2-16(13-23)14-24/h3-6,16,18,24H,1-2,7-14H2,(H,21,25). The fourth-order valence-corrected chi connectivity index (χ4v) is 3.87. The van der Waals surface area contributed by atoms with Crippen LogP contribution in [-0.2, 0) is 6.54 Å². The van der Waals surface area contributed by atoms with Crippen molar-refractivity contribution in [3.8, 4) is 0 Å². The molecule has 6 heteroatoms. The van der Waals surface area contributed by atoms with E-state index in [1.807, 2.05) is 17.0 Å². The average molecular weight is 366 g/mol. The number of hydrogen-bond donors (Lipinski definition) is 2. The molecule has 2 amide bonds. The highest BCUT2D eigenvalue weighted by atomic mass is 35.5. The Bertz CT molecular complexity index is 558. The molecule has 2 aliphatic rings. The highest BCUT2D eigenvalue weighted by Crippen LogP contribution is 2.18. The van der Waals surface area contributed by atoms with Crippen LogP contribution in [-0.4, -0.2) is 59.8 Å². The van der Waals surface area contributed by atoms with Crippen molar-refractivity contribution in [3.05, 3.63) is 34.9 Å². The number of amides is 2. The minimum atomic E-state index is 0.0364. The fourth-order valence-electron chi connectivity index (χ4n) is 3.75. The van der Waals surface area contributed by atoms with E-state index in [1.165, 1.54) is 5.56 Å². The van der Waals surface area contributed by atoms with Gasteiger partial charge in [-0.05, 0) is 49.3 Å². The van der Waals surface area contributed by atoms with Gasteiger partial charge in [-0.25, -0.2) is 4.79 Å². The van der Waals surface area contributed by atoms with Crippen molar-refractivity contribution < 1.29 is 9.90 Å². The molecule has 2 aliphatic heterocycles. The number of likely N-dealkylation sites (tertiary alicyclic amines) is 2. The van der Waals surface area contributed by atoms with Crippen LogP contribution in [0.1, 0.15) is 31.2 Å². The van der Waals surface area contributed by atoms with Crippen molar-refractivity contribution in [2.45, 2.75) is 38.3 Å². The van der Waals surface area contributed by atoms with E-state index in [9.17, 15) is 9.90 Å². The molecule has 0 saturated carbocycles. The molecule has 0 radical (unpaired) electrons. The molecule has 0 aromatic heterocycles. The lowest BCUT2D eigenvalue weighted by Crippen LogP contribution is -2.51. The van der Waals surface area contributed by atoms with E-state index in [0.717, 1.165) is 56.9 Å². The molecular weight excluding hydrogens is 338 g/mol. The summed E-state index contributed by atoms with van der Waals surface area (Å²) in [5.41, 5.74) is 1.27. The lowest BCUT2D eigenvalue weighted by Gasteiger charge is -2.36. The second kappa shape index (κ2) is 8.88. The van der Waals surface area contributed by atoms with Crippen molar-refractivity contribution in [2.24, 2.45) is 5.92 Å². The molecule has 2 heterocycles. The summed E-state index contributed by atoms with van der Waals surface area (Å²) in [6.45, 7) is 4.57. The number of rotatable bonds is 4. The normalized spacial score (nSPS) is 22.8.